The van der Waals surface area contributed by atoms with Gasteiger partial charge >= 0.3 is 5.97 Å². The Morgan fingerprint density at radius 2 is 2.15 bits per heavy atom. The molecule has 4 aromatic rings. The maximum absolute atomic E-state index is 12.2. The molecule has 0 aliphatic heterocycles. The van der Waals surface area contributed by atoms with E-state index in [1.165, 1.54) is 11.3 Å². The van der Waals surface area contributed by atoms with Crippen molar-refractivity contribution in [3.05, 3.63) is 68.5 Å². The average molecular weight is 368 g/mol. The number of esters is 1. The molecule has 0 unspecified atom stereocenters. The Labute approximate surface area is 150 Å². The number of hydrogen-bond donors (Lipinski definition) is 0. The molecule has 7 nitrogen and oxygen atoms in total. The summed E-state index contributed by atoms with van der Waals surface area (Å²) in [7, 11) is 0. The summed E-state index contributed by atoms with van der Waals surface area (Å²) >= 11 is 1.51. The molecule has 3 heterocycles. The van der Waals surface area contributed by atoms with Crippen LogP contribution in [-0.2, 0) is 11.3 Å². The van der Waals surface area contributed by atoms with Gasteiger partial charge in [-0.3, -0.25) is 4.79 Å². The van der Waals surface area contributed by atoms with Crippen molar-refractivity contribution in [2.24, 2.45) is 0 Å². The van der Waals surface area contributed by atoms with Crippen molar-refractivity contribution >= 4 is 28.3 Å². The molecule has 130 valence electrons. The van der Waals surface area contributed by atoms with Gasteiger partial charge in [0.25, 0.3) is 5.89 Å². The standard InChI is InChI=1S/C18H12N2O5S/c1-10-2-3-14-12(6-10)13(21)7-15(24-14)18(22)23-8-16-19-17(20-25-16)11-4-5-26-9-11/h2-7,9H,8H2,1H3. The lowest BCUT2D eigenvalue weighted by Gasteiger charge is -2.03. The molecule has 0 fully saturated rings. The van der Waals surface area contributed by atoms with E-state index >= 15 is 0 Å². The molecule has 0 atom stereocenters. The summed E-state index contributed by atoms with van der Waals surface area (Å²) < 4.78 is 15.6. The summed E-state index contributed by atoms with van der Waals surface area (Å²) in [5.74, 6) is -0.382. The van der Waals surface area contributed by atoms with Gasteiger partial charge in [0.05, 0.1) is 5.39 Å². The molecule has 0 spiro atoms. The second-order valence-corrected chi connectivity index (χ2v) is 6.35. The number of hydrogen-bond acceptors (Lipinski definition) is 8. The Balaban J connectivity index is 1.51. The number of nitrogens with zero attached hydrogens (tertiary/aromatic N) is 2. The van der Waals surface area contributed by atoms with Gasteiger partial charge in [-0.2, -0.15) is 16.3 Å². The van der Waals surface area contributed by atoms with E-state index in [1.807, 2.05) is 23.8 Å². The average Bonchev–Trinajstić information content (AvgIpc) is 3.31. The van der Waals surface area contributed by atoms with Gasteiger partial charge in [-0.05, 0) is 30.5 Å². The predicted molar refractivity (Wildman–Crippen MR) is 94.0 cm³/mol. The normalized spacial score (nSPS) is 11.0. The van der Waals surface area contributed by atoms with Crippen LogP contribution in [0.4, 0.5) is 0 Å². The van der Waals surface area contributed by atoms with Crippen LogP contribution in [0, 0.1) is 6.92 Å². The quantitative estimate of drug-likeness (QED) is 0.508. The first-order valence-corrected chi connectivity index (χ1v) is 8.61. The third kappa shape index (κ3) is 3.14. The number of thiophene rings is 1. The molecule has 0 saturated heterocycles. The Morgan fingerprint density at radius 1 is 1.27 bits per heavy atom. The third-order valence-corrected chi connectivity index (χ3v) is 4.34. The van der Waals surface area contributed by atoms with Crippen LogP contribution in [0.3, 0.4) is 0 Å². The van der Waals surface area contributed by atoms with Crippen LogP contribution in [0.15, 0.2) is 54.8 Å². The van der Waals surface area contributed by atoms with Crippen molar-refractivity contribution in [2.45, 2.75) is 13.5 Å². The van der Waals surface area contributed by atoms with Gasteiger partial charge in [-0.25, -0.2) is 4.79 Å². The molecule has 0 amide bonds. The lowest BCUT2D eigenvalue weighted by Crippen LogP contribution is -2.10. The van der Waals surface area contributed by atoms with E-state index in [-0.39, 0.29) is 23.7 Å². The fraction of sp³-hybridized carbons (Fsp3) is 0.111. The van der Waals surface area contributed by atoms with E-state index in [1.54, 1.807) is 18.2 Å². The van der Waals surface area contributed by atoms with Gasteiger partial charge in [0, 0.05) is 17.0 Å². The highest BCUT2D eigenvalue weighted by molar-refractivity contribution is 7.08. The van der Waals surface area contributed by atoms with Crippen LogP contribution in [0.5, 0.6) is 0 Å². The molecule has 4 rings (SSSR count). The van der Waals surface area contributed by atoms with Crippen LogP contribution < -0.4 is 5.43 Å². The molecule has 26 heavy (non-hydrogen) atoms. The monoisotopic (exact) mass is 368 g/mol. The smallest absolute Gasteiger partial charge is 0.374 e. The molecule has 1 aromatic carbocycles. The van der Waals surface area contributed by atoms with Crippen LogP contribution >= 0.6 is 11.3 Å². The maximum atomic E-state index is 12.2. The lowest BCUT2D eigenvalue weighted by molar-refractivity contribution is 0.0394. The third-order valence-electron chi connectivity index (χ3n) is 3.66. The molecule has 0 aliphatic rings. The number of fused-ring (bicyclic) bond motifs is 1. The van der Waals surface area contributed by atoms with E-state index in [0.29, 0.717) is 16.8 Å². The van der Waals surface area contributed by atoms with Crippen LogP contribution in [0.2, 0.25) is 0 Å². The highest BCUT2D eigenvalue weighted by Gasteiger charge is 2.16. The highest BCUT2D eigenvalue weighted by Crippen LogP contribution is 2.19. The zero-order valence-corrected chi connectivity index (χ0v) is 14.4. The zero-order chi connectivity index (χ0) is 18.1. The number of carbonyl (C=O) groups excluding carboxylic acids is 1. The van der Waals surface area contributed by atoms with E-state index < -0.39 is 5.97 Å². The van der Waals surface area contributed by atoms with Crippen molar-refractivity contribution < 1.29 is 18.5 Å². The fourth-order valence-electron chi connectivity index (χ4n) is 2.39. The van der Waals surface area contributed by atoms with Gasteiger partial charge in [-0.15, -0.1) is 0 Å². The van der Waals surface area contributed by atoms with Crippen LogP contribution in [0.25, 0.3) is 22.4 Å². The first-order chi connectivity index (χ1) is 12.6. The summed E-state index contributed by atoms with van der Waals surface area (Å²) in [4.78, 5) is 28.5. The first kappa shape index (κ1) is 16.2. The number of aromatic nitrogens is 2. The molecule has 8 heteroatoms. The van der Waals surface area contributed by atoms with Crippen molar-refractivity contribution in [1.82, 2.24) is 10.1 Å². The highest BCUT2D eigenvalue weighted by atomic mass is 32.1. The van der Waals surface area contributed by atoms with Gasteiger partial charge in [0.15, 0.2) is 12.0 Å². The summed E-state index contributed by atoms with van der Waals surface area (Å²) in [6.07, 6.45) is 0. The Bertz CT molecular complexity index is 1140. The minimum Gasteiger partial charge on any atom is -0.450 e. The van der Waals surface area contributed by atoms with E-state index in [9.17, 15) is 9.59 Å². The minimum atomic E-state index is -0.778. The van der Waals surface area contributed by atoms with E-state index in [4.69, 9.17) is 13.7 Å². The number of carbonyl (C=O) groups is 1. The summed E-state index contributed by atoms with van der Waals surface area (Å²) in [6, 6.07) is 8.13. The molecule has 0 bridgehead atoms. The summed E-state index contributed by atoms with van der Waals surface area (Å²) in [5.41, 5.74) is 1.78. The largest absolute Gasteiger partial charge is 0.450 e. The first-order valence-electron chi connectivity index (χ1n) is 7.67. The Kier molecular flexibility index (Phi) is 4.10. The summed E-state index contributed by atoms with van der Waals surface area (Å²) in [6.45, 7) is 1.65. The van der Waals surface area contributed by atoms with Gasteiger partial charge in [0.1, 0.15) is 5.58 Å². The molecule has 0 N–H and O–H groups in total. The lowest BCUT2D eigenvalue weighted by atomic mass is 10.1. The van der Waals surface area contributed by atoms with Crippen molar-refractivity contribution in [3.8, 4) is 11.4 Å². The number of aryl methyl sites for hydroxylation is 1. The molecule has 3 aromatic heterocycles. The van der Waals surface area contributed by atoms with E-state index in [0.717, 1.165) is 17.2 Å². The number of ether oxygens (including phenoxy) is 1. The van der Waals surface area contributed by atoms with Crippen molar-refractivity contribution in [3.63, 3.8) is 0 Å². The SMILES string of the molecule is Cc1ccc2oc(C(=O)OCc3nc(-c4ccsc4)no3)cc(=O)c2c1. The van der Waals surface area contributed by atoms with Crippen LogP contribution in [0.1, 0.15) is 22.0 Å². The summed E-state index contributed by atoms with van der Waals surface area (Å²) in [5, 5.41) is 8.02. The molecular weight excluding hydrogens is 356 g/mol. The van der Waals surface area contributed by atoms with Gasteiger partial charge < -0.3 is 13.7 Å². The van der Waals surface area contributed by atoms with E-state index in [2.05, 4.69) is 10.1 Å². The Morgan fingerprint density at radius 3 is 2.96 bits per heavy atom. The fourth-order valence-corrected chi connectivity index (χ4v) is 3.03. The maximum Gasteiger partial charge on any atom is 0.374 e. The van der Waals surface area contributed by atoms with Gasteiger partial charge in [-0.1, -0.05) is 16.8 Å². The molecule has 0 radical (unpaired) electrons. The zero-order valence-electron chi connectivity index (χ0n) is 13.6. The van der Waals surface area contributed by atoms with Crippen molar-refractivity contribution in [1.29, 1.82) is 0 Å². The van der Waals surface area contributed by atoms with Crippen molar-refractivity contribution in [2.75, 3.05) is 0 Å². The van der Waals surface area contributed by atoms with Gasteiger partial charge in [0.2, 0.25) is 11.6 Å². The topological polar surface area (TPSA) is 95.4 Å². The minimum absolute atomic E-state index is 0.151. The Hall–Kier alpha value is -3.26. The number of benzene rings is 1. The molecule has 0 aliphatic carbocycles. The van der Waals surface area contributed by atoms with Crippen LogP contribution in [-0.4, -0.2) is 16.1 Å². The predicted octanol–water partition coefficient (Wildman–Crippen LogP) is 3.57. The molecular formula is C18H12N2O5S. The second-order valence-electron chi connectivity index (χ2n) is 5.57. The molecule has 0 saturated carbocycles. The second kappa shape index (κ2) is 6.57. The number of rotatable bonds is 4.